The Balaban J connectivity index is 0.00000231. The fraction of sp³-hybridized carbons (Fsp3) is 0.231. The molecule has 2 heterocycles. The molecule has 0 atom stereocenters. The summed E-state index contributed by atoms with van der Waals surface area (Å²) in [5.74, 6) is 0.458. The van der Waals surface area contributed by atoms with Crippen LogP contribution in [0, 0.1) is 0 Å². The van der Waals surface area contributed by atoms with E-state index in [-0.39, 0.29) is 43.4 Å². The molecule has 0 fully saturated rings. The van der Waals surface area contributed by atoms with Gasteiger partial charge in [0.1, 0.15) is 11.5 Å². The van der Waals surface area contributed by atoms with E-state index in [4.69, 9.17) is 9.98 Å². The number of aliphatic imine (C=N–C) groups is 2. The molecule has 0 aromatic heterocycles. The number of benzene rings is 3. The normalized spacial score (nSPS) is 17.3. The van der Waals surface area contributed by atoms with Gasteiger partial charge < -0.3 is 10.2 Å². The molecule has 0 saturated heterocycles. The van der Waals surface area contributed by atoms with Crippen molar-refractivity contribution in [2.45, 2.75) is 38.5 Å². The number of phenols is 2. The molecule has 2 N–H and O–H groups in total. The number of rotatable bonds is 2. The van der Waals surface area contributed by atoms with Gasteiger partial charge in [-0.25, -0.2) is 9.98 Å². The van der Waals surface area contributed by atoms with E-state index < -0.39 is 0 Å². The molecule has 0 spiro atoms. The molecule has 5 rings (SSSR count). The Morgan fingerprint density at radius 1 is 0.581 bits per heavy atom. The van der Waals surface area contributed by atoms with Crippen LogP contribution in [-0.2, 0) is 31.9 Å². The first-order valence-electron chi connectivity index (χ1n) is 10.2. The summed E-state index contributed by atoms with van der Waals surface area (Å²) in [7, 11) is 0. The summed E-state index contributed by atoms with van der Waals surface area (Å²) in [6.07, 6.45) is 0. The quantitative estimate of drug-likeness (QED) is 0.389. The summed E-state index contributed by atoms with van der Waals surface area (Å²) in [6.45, 7) is 8.52. The van der Waals surface area contributed by atoms with Crippen LogP contribution in [0.4, 0.5) is 11.4 Å². The molecule has 0 bridgehead atoms. The minimum absolute atomic E-state index is 0. The number of hydrogen-bond acceptors (Lipinski definition) is 4. The summed E-state index contributed by atoms with van der Waals surface area (Å²) in [6, 6.07) is 18.9. The maximum absolute atomic E-state index is 10.4. The van der Waals surface area contributed by atoms with Gasteiger partial charge in [0.25, 0.3) is 0 Å². The Morgan fingerprint density at radius 2 is 0.935 bits per heavy atom. The SMILES string of the molecule is CC1(C)C(c2ccccc2O)=Nc2c1ccc1c2N=C(c2ccccc2O)C1(C)C.[Pt]. The second kappa shape index (κ2) is 7.17. The van der Waals surface area contributed by atoms with Crippen LogP contribution in [-0.4, -0.2) is 21.6 Å². The van der Waals surface area contributed by atoms with Gasteiger partial charge in [0.05, 0.1) is 22.8 Å². The van der Waals surface area contributed by atoms with Crippen molar-refractivity contribution in [1.82, 2.24) is 0 Å². The van der Waals surface area contributed by atoms with Crippen molar-refractivity contribution in [2.24, 2.45) is 9.98 Å². The number of phenolic OH excluding ortho intramolecular Hbond substituents is 2. The average molecular weight is 592 g/mol. The van der Waals surface area contributed by atoms with Crippen molar-refractivity contribution in [1.29, 1.82) is 0 Å². The van der Waals surface area contributed by atoms with Crippen molar-refractivity contribution >= 4 is 22.8 Å². The summed E-state index contributed by atoms with van der Waals surface area (Å²) in [4.78, 5) is 10.0. The van der Waals surface area contributed by atoms with E-state index in [2.05, 4.69) is 39.8 Å². The van der Waals surface area contributed by atoms with Gasteiger partial charge in [-0.1, -0.05) is 64.1 Å². The van der Waals surface area contributed by atoms with Gasteiger partial charge in [-0.2, -0.15) is 0 Å². The van der Waals surface area contributed by atoms with Gasteiger partial charge in [0, 0.05) is 43.0 Å². The van der Waals surface area contributed by atoms with Gasteiger partial charge in [-0.05, 0) is 35.4 Å². The predicted molar refractivity (Wildman–Crippen MR) is 121 cm³/mol. The van der Waals surface area contributed by atoms with E-state index in [1.807, 2.05) is 36.4 Å². The third kappa shape index (κ3) is 3.00. The first kappa shape index (κ1) is 21.5. The van der Waals surface area contributed by atoms with Crippen molar-refractivity contribution in [3.8, 4) is 11.5 Å². The third-order valence-electron chi connectivity index (χ3n) is 6.45. The summed E-state index contributed by atoms with van der Waals surface area (Å²) in [5, 5.41) is 20.9. The van der Waals surface area contributed by atoms with Crippen molar-refractivity contribution in [2.75, 3.05) is 0 Å². The van der Waals surface area contributed by atoms with Gasteiger partial charge in [-0.15, -0.1) is 0 Å². The Kier molecular flexibility index (Phi) is 4.98. The maximum atomic E-state index is 10.4. The fourth-order valence-electron chi connectivity index (χ4n) is 4.71. The van der Waals surface area contributed by atoms with Gasteiger partial charge in [-0.3, -0.25) is 0 Å². The van der Waals surface area contributed by atoms with Crippen LogP contribution in [0.5, 0.6) is 11.5 Å². The number of nitrogens with zero attached hydrogens (tertiary/aromatic N) is 2. The van der Waals surface area contributed by atoms with E-state index in [1.54, 1.807) is 12.1 Å². The van der Waals surface area contributed by atoms with Crippen molar-refractivity contribution < 1.29 is 31.3 Å². The molecule has 160 valence electrons. The summed E-state index contributed by atoms with van der Waals surface area (Å²) >= 11 is 0. The number of aromatic hydroxyl groups is 2. The molecule has 3 aromatic carbocycles. The second-order valence-corrected chi connectivity index (χ2v) is 9.06. The molecule has 31 heavy (non-hydrogen) atoms. The number of hydrogen-bond donors (Lipinski definition) is 2. The Labute approximate surface area is 196 Å². The van der Waals surface area contributed by atoms with Crippen LogP contribution < -0.4 is 0 Å². The van der Waals surface area contributed by atoms with Crippen molar-refractivity contribution in [3.05, 3.63) is 82.9 Å². The number of para-hydroxylation sites is 2. The van der Waals surface area contributed by atoms with Crippen LogP contribution in [0.1, 0.15) is 49.9 Å². The van der Waals surface area contributed by atoms with Gasteiger partial charge >= 0.3 is 0 Å². The maximum Gasteiger partial charge on any atom is 0.124 e. The first-order valence-corrected chi connectivity index (χ1v) is 10.2. The first-order chi connectivity index (χ1) is 14.2. The molecule has 0 unspecified atom stereocenters. The Morgan fingerprint density at radius 3 is 1.29 bits per heavy atom. The van der Waals surface area contributed by atoms with Gasteiger partial charge in [0.15, 0.2) is 0 Å². The molecule has 5 heteroatoms. The zero-order valence-corrected chi connectivity index (χ0v) is 20.2. The summed E-state index contributed by atoms with van der Waals surface area (Å²) < 4.78 is 0. The third-order valence-corrected chi connectivity index (χ3v) is 6.45. The van der Waals surface area contributed by atoms with Crippen LogP contribution in [0.3, 0.4) is 0 Å². The molecule has 0 radical (unpaired) electrons. The van der Waals surface area contributed by atoms with E-state index in [1.165, 1.54) is 0 Å². The summed E-state index contributed by atoms with van der Waals surface area (Å²) in [5.41, 5.74) is 6.35. The Bertz CT molecular complexity index is 1170. The van der Waals surface area contributed by atoms with E-state index >= 15 is 0 Å². The molecule has 2 aliphatic rings. The van der Waals surface area contributed by atoms with Crippen LogP contribution in [0.25, 0.3) is 0 Å². The molecule has 4 nitrogen and oxygen atoms in total. The molecule has 3 aromatic rings. The van der Waals surface area contributed by atoms with Crippen LogP contribution >= 0.6 is 0 Å². The molecule has 2 aliphatic heterocycles. The van der Waals surface area contributed by atoms with Crippen molar-refractivity contribution in [3.63, 3.8) is 0 Å². The molecular formula is C26H24N2O2Pt. The topological polar surface area (TPSA) is 65.2 Å². The minimum Gasteiger partial charge on any atom is -0.507 e. The largest absolute Gasteiger partial charge is 0.507 e. The second-order valence-electron chi connectivity index (χ2n) is 9.06. The molecule has 0 aliphatic carbocycles. The standard InChI is InChI=1S/C26H24N2O2.Pt/c1-25(2)17-13-14-18-22(21(17)27-23(25)15-9-5-7-11-19(15)29)28-24(26(18,3)4)16-10-6-8-12-20(16)30;/h5-14,29-30H,1-4H3;. The van der Waals surface area contributed by atoms with Crippen LogP contribution in [0.15, 0.2) is 70.6 Å². The molecule has 0 saturated carbocycles. The molecular weight excluding hydrogens is 567 g/mol. The molecule has 0 amide bonds. The fourth-order valence-corrected chi connectivity index (χ4v) is 4.71. The monoisotopic (exact) mass is 591 g/mol. The minimum atomic E-state index is -0.361. The van der Waals surface area contributed by atoms with E-state index in [0.717, 1.165) is 45.1 Å². The Hall–Kier alpha value is -2.71. The van der Waals surface area contributed by atoms with Gasteiger partial charge in [0.2, 0.25) is 0 Å². The van der Waals surface area contributed by atoms with E-state index in [0.29, 0.717) is 0 Å². The van der Waals surface area contributed by atoms with Crippen LogP contribution in [0.2, 0.25) is 0 Å². The zero-order valence-electron chi connectivity index (χ0n) is 17.9. The zero-order chi connectivity index (χ0) is 21.3. The average Bonchev–Trinajstić information content (AvgIpc) is 3.13. The van der Waals surface area contributed by atoms with E-state index in [9.17, 15) is 10.2 Å². The number of fused-ring (bicyclic) bond motifs is 3. The predicted octanol–water partition coefficient (Wildman–Crippen LogP) is 5.92. The smallest absolute Gasteiger partial charge is 0.124 e.